The van der Waals surface area contributed by atoms with Crippen LogP contribution in [0.2, 0.25) is 0 Å². The first-order valence-corrected chi connectivity index (χ1v) is 6.28. The molecule has 1 saturated heterocycles. The van der Waals surface area contributed by atoms with E-state index in [0.29, 0.717) is 18.4 Å². The fraction of sp³-hybridized carbons (Fsp3) is 0.500. The summed E-state index contributed by atoms with van der Waals surface area (Å²) in [5.41, 5.74) is 0.517. The maximum atomic E-state index is 11.9. The van der Waals surface area contributed by atoms with Crippen LogP contribution in [0.15, 0.2) is 30.3 Å². The van der Waals surface area contributed by atoms with Crippen LogP contribution in [0, 0.1) is 0 Å². The predicted molar refractivity (Wildman–Crippen MR) is 67.6 cm³/mol. The number of hydrogen-bond donors (Lipinski definition) is 1. The molecule has 0 radical (unpaired) electrons. The number of aliphatic hydroxyl groups is 1. The molecular weight excluding hydrogens is 248 g/mol. The molecule has 0 aliphatic carbocycles. The first-order valence-electron chi connectivity index (χ1n) is 6.28. The molecule has 1 aliphatic rings. The van der Waals surface area contributed by atoms with Gasteiger partial charge in [0.05, 0.1) is 18.3 Å². The van der Waals surface area contributed by atoms with Crippen molar-refractivity contribution in [2.24, 2.45) is 0 Å². The number of rotatable bonds is 4. The number of hydrogen-bond acceptors (Lipinski definition) is 5. The summed E-state index contributed by atoms with van der Waals surface area (Å²) in [5.74, 6) is -0.362. The first-order chi connectivity index (χ1) is 9.22. The van der Waals surface area contributed by atoms with E-state index in [0.717, 1.165) is 0 Å². The standard InChI is InChI=1S/C14H18O5/c1-17-13-8-11(7-12(9-15)18-13)19-14(16)10-5-3-2-4-6-10/h2-6,11-13,15H,7-9H2,1H3/t11-,12-,13+/m0/s1. The summed E-state index contributed by atoms with van der Waals surface area (Å²) in [6, 6.07) is 8.83. The van der Waals surface area contributed by atoms with Crippen LogP contribution < -0.4 is 0 Å². The molecule has 3 atom stereocenters. The summed E-state index contributed by atoms with van der Waals surface area (Å²) >= 11 is 0. The van der Waals surface area contributed by atoms with Gasteiger partial charge in [0.1, 0.15) is 6.10 Å². The molecule has 5 nitrogen and oxygen atoms in total. The fourth-order valence-electron chi connectivity index (χ4n) is 2.09. The lowest BCUT2D eigenvalue weighted by Crippen LogP contribution is -2.40. The quantitative estimate of drug-likeness (QED) is 0.833. The highest BCUT2D eigenvalue weighted by atomic mass is 16.7. The topological polar surface area (TPSA) is 65.0 Å². The molecule has 0 unspecified atom stereocenters. The first kappa shape index (κ1) is 14.0. The molecule has 19 heavy (non-hydrogen) atoms. The smallest absolute Gasteiger partial charge is 0.338 e. The Kier molecular flexibility index (Phi) is 4.90. The second kappa shape index (κ2) is 6.65. The van der Waals surface area contributed by atoms with Gasteiger partial charge in [-0.05, 0) is 12.1 Å². The minimum Gasteiger partial charge on any atom is -0.458 e. The van der Waals surface area contributed by atoms with E-state index in [4.69, 9.17) is 19.3 Å². The largest absolute Gasteiger partial charge is 0.458 e. The van der Waals surface area contributed by atoms with E-state index in [-0.39, 0.29) is 24.8 Å². The number of carbonyl (C=O) groups excluding carboxylic acids is 1. The highest BCUT2D eigenvalue weighted by Gasteiger charge is 2.31. The van der Waals surface area contributed by atoms with Gasteiger partial charge in [-0.3, -0.25) is 0 Å². The average molecular weight is 266 g/mol. The Morgan fingerprint density at radius 3 is 2.74 bits per heavy atom. The van der Waals surface area contributed by atoms with E-state index in [1.165, 1.54) is 7.11 Å². The van der Waals surface area contributed by atoms with Gasteiger partial charge in [0.15, 0.2) is 6.29 Å². The van der Waals surface area contributed by atoms with Gasteiger partial charge in [0, 0.05) is 20.0 Å². The van der Waals surface area contributed by atoms with Crippen molar-refractivity contribution in [2.75, 3.05) is 13.7 Å². The SMILES string of the molecule is CO[C@H]1C[C@@H](OC(=O)c2ccccc2)C[C@@H](CO)O1. The summed E-state index contributed by atoms with van der Waals surface area (Å²) in [4.78, 5) is 11.9. The van der Waals surface area contributed by atoms with E-state index in [9.17, 15) is 4.79 Å². The van der Waals surface area contributed by atoms with Crippen molar-refractivity contribution in [3.63, 3.8) is 0 Å². The van der Waals surface area contributed by atoms with Crippen LogP contribution in [0.4, 0.5) is 0 Å². The lowest BCUT2D eigenvalue weighted by atomic mass is 10.1. The van der Waals surface area contributed by atoms with Crippen LogP contribution in [0.25, 0.3) is 0 Å². The van der Waals surface area contributed by atoms with Crippen molar-refractivity contribution < 1.29 is 24.1 Å². The summed E-state index contributed by atoms with van der Waals surface area (Å²) in [6.45, 7) is -0.112. The average Bonchev–Trinajstić information content (AvgIpc) is 2.47. The Morgan fingerprint density at radius 2 is 2.11 bits per heavy atom. The van der Waals surface area contributed by atoms with E-state index in [1.54, 1.807) is 24.3 Å². The normalized spacial score (nSPS) is 26.9. The molecule has 0 bridgehead atoms. The molecule has 1 aromatic rings. The zero-order valence-electron chi connectivity index (χ0n) is 10.8. The molecule has 1 aliphatic heterocycles. The van der Waals surface area contributed by atoms with Crippen molar-refractivity contribution in [1.29, 1.82) is 0 Å². The highest BCUT2D eigenvalue weighted by Crippen LogP contribution is 2.23. The van der Waals surface area contributed by atoms with Crippen LogP contribution in [-0.4, -0.2) is 43.3 Å². The molecule has 1 N–H and O–H groups in total. The van der Waals surface area contributed by atoms with Crippen LogP contribution in [0.1, 0.15) is 23.2 Å². The third kappa shape index (κ3) is 3.76. The molecule has 0 aromatic heterocycles. The van der Waals surface area contributed by atoms with Crippen LogP contribution >= 0.6 is 0 Å². The molecule has 1 heterocycles. The zero-order valence-corrected chi connectivity index (χ0v) is 10.8. The Morgan fingerprint density at radius 1 is 1.37 bits per heavy atom. The molecule has 1 aromatic carbocycles. The van der Waals surface area contributed by atoms with Gasteiger partial charge >= 0.3 is 5.97 Å². The van der Waals surface area contributed by atoms with Crippen LogP contribution in [0.5, 0.6) is 0 Å². The number of ether oxygens (including phenoxy) is 3. The van der Waals surface area contributed by atoms with Crippen LogP contribution in [0.3, 0.4) is 0 Å². The number of carbonyl (C=O) groups is 1. The van der Waals surface area contributed by atoms with Gasteiger partial charge in [-0.25, -0.2) is 4.79 Å². The van der Waals surface area contributed by atoms with Crippen LogP contribution in [-0.2, 0) is 14.2 Å². The summed E-state index contributed by atoms with van der Waals surface area (Å²) in [7, 11) is 1.53. The van der Waals surface area contributed by atoms with Gasteiger partial charge in [-0.15, -0.1) is 0 Å². The maximum absolute atomic E-state index is 11.9. The maximum Gasteiger partial charge on any atom is 0.338 e. The van der Waals surface area contributed by atoms with Crippen molar-refractivity contribution in [3.8, 4) is 0 Å². The highest BCUT2D eigenvalue weighted by molar-refractivity contribution is 5.89. The molecule has 5 heteroatoms. The van der Waals surface area contributed by atoms with Gasteiger partial charge < -0.3 is 19.3 Å². The number of aliphatic hydroxyl groups excluding tert-OH is 1. The zero-order chi connectivity index (χ0) is 13.7. The van der Waals surface area contributed by atoms with E-state index >= 15 is 0 Å². The minimum absolute atomic E-state index is 0.112. The molecule has 1 fully saturated rings. The molecule has 2 rings (SSSR count). The van der Waals surface area contributed by atoms with Gasteiger partial charge in [-0.1, -0.05) is 18.2 Å². The van der Waals surface area contributed by atoms with E-state index in [2.05, 4.69) is 0 Å². The lowest BCUT2D eigenvalue weighted by molar-refractivity contribution is -0.210. The van der Waals surface area contributed by atoms with Gasteiger partial charge in [0.25, 0.3) is 0 Å². The summed E-state index contributed by atoms with van der Waals surface area (Å²) in [5, 5.41) is 9.15. The summed E-state index contributed by atoms with van der Waals surface area (Å²) < 4.78 is 16.0. The van der Waals surface area contributed by atoms with Crippen molar-refractivity contribution in [1.82, 2.24) is 0 Å². The monoisotopic (exact) mass is 266 g/mol. The second-order valence-corrected chi connectivity index (χ2v) is 4.47. The van der Waals surface area contributed by atoms with Gasteiger partial charge in [0.2, 0.25) is 0 Å². The summed E-state index contributed by atoms with van der Waals surface area (Å²) in [6.07, 6.45) is -0.143. The fourth-order valence-corrected chi connectivity index (χ4v) is 2.09. The molecular formula is C14H18O5. The molecule has 0 spiro atoms. The molecule has 0 amide bonds. The number of esters is 1. The lowest BCUT2D eigenvalue weighted by Gasteiger charge is -2.33. The number of methoxy groups -OCH3 is 1. The van der Waals surface area contributed by atoms with E-state index < -0.39 is 6.29 Å². The minimum atomic E-state index is -0.445. The second-order valence-electron chi connectivity index (χ2n) is 4.47. The molecule has 0 saturated carbocycles. The Hall–Kier alpha value is -1.43. The van der Waals surface area contributed by atoms with Crippen molar-refractivity contribution in [3.05, 3.63) is 35.9 Å². The predicted octanol–water partition coefficient (Wildman–Crippen LogP) is 1.36. The van der Waals surface area contributed by atoms with Crippen molar-refractivity contribution >= 4 is 5.97 Å². The third-order valence-corrected chi connectivity index (χ3v) is 3.08. The Balaban J connectivity index is 1.96. The van der Waals surface area contributed by atoms with E-state index in [1.807, 2.05) is 6.07 Å². The third-order valence-electron chi connectivity index (χ3n) is 3.08. The van der Waals surface area contributed by atoms with Crippen molar-refractivity contribution in [2.45, 2.75) is 31.3 Å². The number of benzene rings is 1. The Labute approximate surface area is 112 Å². The Bertz CT molecular complexity index is 394. The molecule has 104 valence electrons. The van der Waals surface area contributed by atoms with Gasteiger partial charge in [-0.2, -0.15) is 0 Å².